The lowest BCUT2D eigenvalue weighted by Crippen LogP contribution is -2.37. The van der Waals surface area contributed by atoms with Gasteiger partial charge in [-0.15, -0.1) is 11.3 Å². The molecular weight excluding hydrogens is 534 g/mol. The molecule has 41 heavy (non-hydrogen) atoms. The molecule has 0 amide bonds. The van der Waals surface area contributed by atoms with Crippen molar-refractivity contribution >= 4 is 22.4 Å². The summed E-state index contributed by atoms with van der Waals surface area (Å²) in [5, 5.41) is 12.7. The van der Waals surface area contributed by atoms with E-state index in [0.29, 0.717) is 19.1 Å². The Bertz CT molecular complexity index is 1460. The van der Waals surface area contributed by atoms with E-state index in [0.717, 1.165) is 92.8 Å². The van der Waals surface area contributed by atoms with Crippen molar-refractivity contribution < 1.29 is 19.4 Å². The van der Waals surface area contributed by atoms with Gasteiger partial charge in [0, 0.05) is 49.8 Å². The lowest BCUT2D eigenvalue weighted by atomic mass is 9.94. The van der Waals surface area contributed by atoms with Gasteiger partial charge in [0.15, 0.2) is 5.13 Å². The van der Waals surface area contributed by atoms with Gasteiger partial charge >= 0.3 is 5.97 Å². The zero-order chi connectivity index (χ0) is 28.1. The topological polar surface area (TPSA) is 75.1 Å². The molecule has 3 aromatic rings. The number of hydrogen-bond acceptors (Lipinski definition) is 7. The molecule has 4 aliphatic rings. The molecule has 7 nitrogen and oxygen atoms in total. The Kier molecular flexibility index (Phi) is 7.04. The number of nitrogens with zero attached hydrogens (tertiary/aromatic N) is 3. The summed E-state index contributed by atoms with van der Waals surface area (Å²) in [6, 6.07) is 11.4. The molecule has 1 aromatic heterocycles. The first kappa shape index (κ1) is 26.9. The normalized spacial score (nSPS) is 25.9. The van der Waals surface area contributed by atoms with Crippen molar-refractivity contribution in [2.45, 2.75) is 58.6 Å². The third kappa shape index (κ3) is 4.94. The molecule has 1 saturated carbocycles. The summed E-state index contributed by atoms with van der Waals surface area (Å²) < 4.78 is 12.3. The maximum atomic E-state index is 11.7. The smallest absolute Gasteiger partial charge is 0.310 e. The second kappa shape index (κ2) is 10.7. The van der Waals surface area contributed by atoms with Crippen LogP contribution in [-0.2, 0) is 29.0 Å². The van der Waals surface area contributed by atoms with Gasteiger partial charge < -0.3 is 19.5 Å². The summed E-state index contributed by atoms with van der Waals surface area (Å²) >= 11 is 1.64. The van der Waals surface area contributed by atoms with Gasteiger partial charge in [-0.05, 0) is 85.8 Å². The summed E-state index contributed by atoms with van der Waals surface area (Å²) in [4.78, 5) is 21.6. The van der Waals surface area contributed by atoms with Gasteiger partial charge in [-0.25, -0.2) is 4.98 Å². The van der Waals surface area contributed by atoms with Gasteiger partial charge in [-0.2, -0.15) is 0 Å². The summed E-state index contributed by atoms with van der Waals surface area (Å²) in [6.07, 6.45) is 4.82. The molecule has 3 atom stereocenters. The van der Waals surface area contributed by atoms with E-state index in [1.807, 2.05) is 0 Å². The van der Waals surface area contributed by atoms with Gasteiger partial charge in [0.2, 0.25) is 0 Å². The van der Waals surface area contributed by atoms with E-state index in [2.05, 4.69) is 59.4 Å². The number of aryl methyl sites for hydroxylation is 1. The molecule has 7 rings (SSSR count). The molecule has 2 aromatic carbocycles. The number of ether oxygens (including phenoxy) is 2. The number of carbonyl (C=O) groups is 1. The van der Waals surface area contributed by atoms with Crippen LogP contribution in [0.25, 0.3) is 11.3 Å². The van der Waals surface area contributed by atoms with Crippen LogP contribution in [0.3, 0.4) is 0 Å². The predicted molar refractivity (Wildman–Crippen MR) is 161 cm³/mol. The van der Waals surface area contributed by atoms with Crippen LogP contribution in [0, 0.1) is 25.2 Å². The van der Waals surface area contributed by atoms with Gasteiger partial charge in [0.05, 0.1) is 17.7 Å². The average Bonchev–Trinajstić information content (AvgIpc) is 3.25. The molecule has 1 N–H and O–H groups in total. The Morgan fingerprint density at radius 1 is 1.20 bits per heavy atom. The fraction of sp³-hybridized carbons (Fsp3) is 0.515. The molecule has 8 heteroatoms. The van der Waals surface area contributed by atoms with E-state index >= 15 is 0 Å². The van der Waals surface area contributed by atoms with Crippen molar-refractivity contribution in [3.05, 3.63) is 63.5 Å². The zero-order valence-corrected chi connectivity index (χ0v) is 24.8. The van der Waals surface area contributed by atoms with Gasteiger partial charge in [0.1, 0.15) is 12.4 Å². The fourth-order valence-electron chi connectivity index (χ4n) is 7.30. The molecule has 0 bridgehead atoms. The minimum atomic E-state index is -0.630. The molecule has 1 aliphatic carbocycles. The largest absolute Gasteiger partial charge is 0.488 e. The minimum absolute atomic E-state index is 0.239. The first-order valence-corrected chi connectivity index (χ1v) is 15.9. The number of anilines is 1. The summed E-state index contributed by atoms with van der Waals surface area (Å²) in [5.41, 5.74) is 8.12. The van der Waals surface area contributed by atoms with Crippen molar-refractivity contribution in [2.24, 2.45) is 11.3 Å². The van der Waals surface area contributed by atoms with E-state index < -0.39 is 11.4 Å². The van der Waals surface area contributed by atoms with Crippen molar-refractivity contribution in [1.29, 1.82) is 0 Å². The number of piperidine rings is 1. The van der Waals surface area contributed by atoms with Gasteiger partial charge in [0.25, 0.3) is 0 Å². The number of aliphatic carboxylic acids is 1. The number of fused-ring (bicyclic) bond motifs is 2. The van der Waals surface area contributed by atoms with Crippen LogP contribution in [0.15, 0.2) is 35.7 Å². The molecule has 0 radical (unpaired) electrons. The number of carboxylic acid groups (broad SMARTS) is 1. The highest BCUT2D eigenvalue weighted by Gasteiger charge is 2.62. The highest BCUT2D eigenvalue weighted by Crippen LogP contribution is 2.58. The van der Waals surface area contributed by atoms with E-state index in [9.17, 15) is 9.90 Å². The lowest BCUT2D eigenvalue weighted by molar-refractivity contribution is -0.144. The number of carboxylic acids is 1. The molecule has 216 valence electrons. The van der Waals surface area contributed by atoms with Crippen molar-refractivity contribution in [3.8, 4) is 17.0 Å². The number of benzene rings is 2. The third-order valence-electron chi connectivity index (χ3n) is 10.1. The Morgan fingerprint density at radius 2 is 2.07 bits per heavy atom. The zero-order valence-electron chi connectivity index (χ0n) is 24.0. The Balaban J connectivity index is 1.06. The monoisotopic (exact) mass is 573 g/mol. The molecule has 3 aliphatic heterocycles. The minimum Gasteiger partial charge on any atom is -0.488 e. The second-order valence-electron chi connectivity index (χ2n) is 12.4. The van der Waals surface area contributed by atoms with E-state index in [1.165, 1.54) is 22.3 Å². The lowest BCUT2D eigenvalue weighted by Gasteiger charge is -2.29. The van der Waals surface area contributed by atoms with Crippen LogP contribution in [0.4, 0.5) is 5.13 Å². The second-order valence-corrected chi connectivity index (χ2v) is 13.2. The third-order valence-corrected chi connectivity index (χ3v) is 11.0. The van der Waals surface area contributed by atoms with Gasteiger partial charge in [-0.3, -0.25) is 9.69 Å². The number of rotatable bonds is 7. The average molecular weight is 574 g/mol. The van der Waals surface area contributed by atoms with Crippen molar-refractivity contribution in [2.75, 3.05) is 44.3 Å². The fourth-order valence-corrected chi connectivity index (χ4v) is 8.16. The first-order valence-electron chi connectivity index (χ1n) is 15.0. The molecular formula is C33H39N3O4S. The number of thiazole rings is 1. The van der Waals surface area contributed by atoms with Crippen molar-refractivity contribution in [1.82, 2.24) is 9.88 Å². The Labute approximate surface area is 246 Å². The highest BCUT2D eigenvalue weighted by atomic mass is 32.1. The van der Waals surface area contributed by atoms with Crippen LogP contribution in [0.2, 0.25) is 0 Å². The highest BCUT2D eigenvalue weighted by molar-refractivity contribution is 7.14. The molecule has 3 fully saturated rings. The summed E-state index contributed by atoms with van der Waals surface area (Å²) in [5.74, 6) is 0.495. The maximum absolute atomic E-state index is 11.7. The van der Waals surface area contributed by atoms with Crippen LogP contribution in [-0.4, -0.2) is 66.4 Å². The predicted octanol–water partition coefficient (Wildman–Crippen LogP) is 5.50. The SMILES string of the molecule is Cc1cccc(-c2csc(N3CC[C@@]4(C(=O)O)C[C@H]4C3)n2)c1OCc1ccc2c(c1C)CCN(C1CCOC1)CC2. The Hall–Kier alpha value is -2.94. The number of hydrogen-bond donors (Lipinski definition) is 1. The molecule has 2 saturated heterocycles. The maximum Gasteiger partial charge on any atom is 0.310 e. The molecule has 4 heterocycles. The van der Waals surface area contributed by atoms with E-state index in [1.54, 1.807) is 11.3 Å². The standard InChI is InChI=1S/C33H39N3O4S/c1-21-4-3-5-28(29-20-41-32(34-29)36-14-11-33(31(37)38)16-25(33)17-36)30(21)40-18-24-7-6-23-8-12-35(26-10-15-39-19-26)13-9-27(23)22(24)2/h3-7,20,25-26H,8-19H2,1-2H3,(H,37,38)/t25-,26?,33+/m0/s1. The van der Waals surface area contributed by atoms with Crippen molar-refractivity contribution in [3.63, 3.8) is 0 Å². The molecule has 1 unspecified atom stereocenters. The van der Waals surface area contributed by atoms with E-state index in [4.69, 9.17) is 14.5 Å². The summed E-state index contributed by atoms with van der Waals surface area (Å²) in [7, 11) is 0. The van der Waals surface area contributed by atoms with Crippen LogP contribution in [0.5, 0.6) is 5.75 Å². The van der Waals surface area contributed by atoms with Crippen LogP contribution >= 0.6 is 11.3 Å². The molecule has 0 spiro atoms. The van der Waals surface area contributed by atoms with Crippen LogP contribution < -0.4 is 9.64 Å². The summed E-state index contributed by atoms with van der Waals surface area (Å²) in [6.45, 7) is 10.4. The quantitative estimate of drug-likeness (QED) is 0.400. The number of para-hydroxylation sites is 1. The van der Waals surface area contributed by atoms with Crippen LogP contribution in [0.1, 0.15) is 47.1 Å². The van der Waals surface area contributed by atoms with E-state index in [-0.39, 0.29) is 5.92 Å². The van der Waals surface area contributed by atoms with Gasteiger partial charge in [-0.1, -0.05) is 24.3 Å². The Morgan fingerprint density at radius 3 is 2.88 bits per heavy atom. The first-order chi connectivity index (χ1) is 19.9. The number of aromatic nitrogens is 1.